The Hall–Kier alpha value is -2.50. The van der Waals surface area contributed by atoms with Crippen molar-refractivity contribution in [2.24, 2.45) is 0 Å². The molecule has 0 atom stereocenters. The number of benzene rings is 2. The Kier molecular flexibility index (Phi) is 6.07. The van der Waals surface area contributed by atoms with Crippen LogP contribution in [0.1, 0.15) is 30.9 Å². The van der Waals surface area contributed by atoms with Crippen LogP contribution in [0.2, 0.25) is 0 Å². The van der Waals surface area contributed by atoms with Crippen LogP contribution in [0.15, 0.2) is 48.5 Å². The molecule has 2 aromatic rings. The summed E-state index contributed by atoms with van der Waals surface area (Å²) in [5, 5.41) is 2.61. The largest absolute Gasteiger partial charge is 0.416 e. The maximum atomic E-state index is 13.0. The van der Waals surface area contributed by atoms with Crippen LogP contribution in [-0.2, 0) is 17.5 Å². The number of amides is 1. The van der Waals surface area contributed by atoms with Crippen LogP contribution in [-0.4, -0.2) is 13.0 Å². The van der Waals surface area contributed by atoms with Crippen LogP contribution in [0.25, 0.3) is 0 Å². The number of nitrogens with zero attached hydrogens (tertiary/aromatic N) is 1. The van der Waals surface area contributed by atoms with E-state index in [2.05, 4.69) is 5.32 Å². The summed E-state index contributed by atoms with van der Waals surface area (Å²) in [5.41, 5.74) is 0.958. The monoisotopic (exact) mass is 350 g/mol. The van der Waals surface area contributed by atoms with E-state index in [9.17, 15) is 18.0 Å². The van der Waals surface area contributed by atoms with Crippen molar-refractivity contribution in [2.45, 2.75) is 32.5 Å². The predicted molar refractivity (Wildman–Crippen MR) is 93.5 cm³/mol. The van der Waals surface area contributed by atoms with Crippen LogP contribution in [0, 0.1) is 0 Å². The maximum absolute atomic E-state index is 13.0. The highest BCUT2D eigenvalue weighted by Crippen LogP contribution is 2.35. The molecule has 0 aromatic heterocycles. The summed E-state index contributed by atoms with van der Waals surface area (Å²) in [6.07, 6.45) is -3.57. The van der Waals surface area contributed by atoms with E-state index >= 15 is 0 Å². The van der Waals surface area contributed by atoms with Crippen molar-refractivity contribution in [1.29, 1.82) is 0 Å². The lowest BCUT2D eigenvalue weighted by Gasteiger charge is -2.24. The van der Waals surface area contributed by atoms with Gasteiger partial charge < -0.3 is 10.2 Å². The molecular formula is C19H21F3N2O. The third-order valence-corrected chi connectivity index (χ3v) is 3.75. The molecule has 0 radical (unpaired) electrons. The smallest absolute Gasteiger partial charge is 0.369 e. The zero-order valence-corrected chi connectivity index (χ0v) is 14.2. The fraction of sp³-hybridized carbons (Fsp3) is 0.316. The summed E-state index contributed by atoms with van der Waals surface area (Å²) in [4.78, 5) is 13.7. The number of carbonyl (C=O) groups excluding carboxylic acids is 1. The van der Waals surface area contributed by atoms with E-state index in [1.807, 2.05) is 42.2 Å². The van der Waals surface area contributed by atoms with Gasteiger partial charge in [-0.25, -0.2) is 0 Å². The van der Waals surface area contributed by atoms with Gasteiger partial charge in [0.15, 0.2) is 0 Å². The van der Waals surface area contributed by atoms with Crippen molar-refractivity contribution in [3.8, 4) is 0 Å². The van der Waals surface area contributed by atoms with Gasteiger partial charge in [0.1, 0.15) is 0 Å². The summed E-state index contributed by atoms with van der Waals surface area (Å²) in [7, 11) is 1.78. The Morgan fingerprint density at radius 1 is 1.12 bits per heavy atom. The normalized spacial score (nSPS) is 11.2. The Balaban J connectivity index is 2.32. The quantitative estimate of drug-likeness (QED) is 0.788. The molecule has 0 bridgehead atoms. The third kappa shape index (κ3) is 5.24. The van der Waals surface area contributed by atoms with Gasteiger partial charge in [-0.2, -0.15) is 13.2 Å². The molecule has 0 aliphatic carbocycles. The number of nitrogens with one attached hydrogen (secondary N) is 1. The van der Waals surface area contributed by atoms with Gasteiger partial charge in [0.05, 0.1) is 16.9 Å². The van der Waals surface area contributed by atoms with Crippen LogP contribution in [0.4, 0.5) is 24.5 Å². The highest BCUT2D eigenvalue weighted by Gasteiger charge is 2.31. The predicted octanol–water partition coefficient (Wildman–Crippen LogP) is 5.08. The van der Waals surface area contributed by atoms with Crippen LogP contribution < -0.4 is 10.2 Å². The zero-order chi connectivity index (χ0) is 18.4. The number of alkyl halides is 3. The number of anilines is 2. The SMILES string of the molecule is CCCC(=O)Nc1cc(C(F)(F)F)ccc1N(C)Cc1ccccc1. The van der Waals surface area contributed by atoms with Crippen LogP contribution in [0.3, 0.4) is 0 Å². The molecule has 134 valence electrons. The molecule has 3 nitrogen and oxygen atoms in total. The highest BCUT2D eigenvalue weighted by molar-refractivity contribution is 5.94. The Morgan fingerprint density at radius 3 is 2.40 bits per heavy atom. The molecule has 6 heteroatoms. The van der Waals surface area contributed by atoms with Crippen molar-refractivity contribution >= 4 is 17.3 Å². The number of hydrogen-bond donors (Lipinski definition) is 1. The molecule has 0 aliphatic rings. The fourth-order valence-electron chi connectivity index (χ4n) is 2.53. The van der Waals surface area contributed by atoms with E-state index in [1.54, 1.807) is 7.05 Å². The summed E-state index contributed by atoms with van der Waals surface area (Å²) in [6, 6.07) is 13.0. The maximum Gasteiger partial charge on any atom is 0.416 e. The van der Waals surface area contributed by atoms with Crippen LogP contribution in [0.5, 0.6) is 0 Å². The molecule has 0 heterocycles. The first-order chi connectivity index (χ1) is 11.8. The Bertz CT molecular complexity index is 714. The first-order valence-corrected chi connectivity index (χ1v) is 8.07. The first kappa shape index (κ1) is 18.8. The lowest BCUT2D eigenvalue weighted by molar-refractivity contribution is -0.137. The first-order valence-electron chi connectivity index (χ1n) is 8.07. The summed E-state index contributed by atoms with van der Waals surface area (Å²) in [5.74, 6) is -0.295. The number of carbonyl (C=O) groups is 1. The van der Waals surface area contributed by atoms with E-state index in [1.165, 1.54) is 6.07 Å². The zero-order valence-electron chi connectivity index (χ0n) is 14.2. The fourth-order valence-corrected chi connectivity index (χ4v) is 2.53. The van der Waals surface area contributed by atoms with Gasteiger partial charge in [0.25, 0.3) is 0 Å². The molecule has 0 aliphatic heterocycles. The number of halogens is 3. The standard InChI is InChI=1S/C19H21F3N2O/c1-3-7-18(25)23-16-12-15(19(20,21)22)10-11-17(16)24(2)13-14-8-5-4-6-9-14/h4-6,8-12H,3,7,13H2,1-2H3,(H,23,25). The van der Waals surface area contributed by atoms with Crippen molar-refractivity contribution in [3.05, 3.63) is 59.7 Å². The van der Waals surface area contributed by atoms with Gasteiger partial charge in [-0.15, -0.1) is 0 Å². The third-order valence-electron chi connectivity index (χ3n) is 3.75. The molecule has 1 amide bonds. The van der Waals surface area contributed by atoms with E-state index in [0.717, 1.165) is 17.7 Å². The minimum absolute atomic E-state index is 0.173. The molecule has 0 saturated heterocycles. The minimum Gasteiger partial charge on any atom is -0.369 e. The van der Waals surface area contributed by atoms with Gasteiger partial charge in [0.2, 0.25) is 5.91 Å². The number of hydrogen-bond acceptors (Lipinski definition) is 2. The van der Waals surface area contributed by atoms with Crippen molar-refractivity contribution in [1.82, 2.24) is 0 Å². The van der Waals surface area contributed by atoms with Crippen molar-refractivity contribution in [2.75, 3.05) is 17.3 Å². The van der Waals surface area contributed by atoms with Gasteiger partial charge in [-0.3, -0.25) is 4.79 Å². The highest BCUT2D eigenvalue weighted by atomic mass is 19.4. The van der Waals surface area contributed by atoms with E-state index < -0.39 is 11.7 Å². The summed E-state index contributed by atoms with van der Waals surface area (Å²) in [6.45, 7) is 2.36. The molecule has 2 aromatic carbocycles. The van der Waals surface area contributed by atoms with E-state index in [-0.39, 0.29) is 18.0 Å². The van der Waals surface area contributed by atoms with Gasteiger partial charge in [-0.1, -0.05) is 37.3 Å². The average Bonchev–Trinajstić information content (AvgIpc) is 2.55. The molecule has 0 saturated carbocycles. The van der Waals surface area contributed by atoms with Crippen LogP contribution >= 0.6 is 0 Å². The second-order valence-corrected chi connectivity index (χ2v) is 5.87. The topological polar surface area (TPSA) is 32.3 Å². The molecule has 0 unspecified atom stereocenters. The lowest BCUT2D eigenvalue weighted by Crippen LogP contribution is -2.20. The molecular weight excluding hydrogens is 329 g/mol. The van der Waals surface area contributed by atoms with Crippen molar-refractivity contribution in [3.63, 3.8) is 0 Å². The Morgan fingerprint density at radius 2 is 1.80 bits per heavy atom. The van der Waals surface area contributed by atoms with Gasteiger partial charge >= 0.3 is 6.18 Å². The molecule has 2 rings (SSSR count). The summed E-state index contributed by atoms with van der Waals surface area (Å²) < 4.78 is 39.0. The molecule has 25 heavy (non-hydrogen) atoms. The van der Waals surface area contributed by atoms with E-state index in [0.29, 0.717) is 18.7 Å². The van der Waals surface area contributed by atoms with Crippen molar-refractivity contribution < 1.29 is 18.0 Å². The minimum atomic E-state index is -4.46. The van der Waals surface area contributed by atoms with Gasteiger partial charge in [0, 0.05) is 20.0 Å². The molecule has 0 spiro atoms. The Labute approximate surface area is 145 Å². The second-order valence-electron chi connectivity index (χ2n) is 5.87. The average molecular weight is 350 g/mol. The van der Waals surface area contributed by atoms with Gasteiger partial charge in [-0.05, 0) is 30.2 Å². The number of rotatable bonds is 6. The molecule has 0 fully saturated rings. The molecule has 1 N–H and O–H groups in total. The lowest BCUT2D eigenvalue weighted by atomic mass is 10.1. The second kappa shape index (κ2) is 8.05. The summed E-state index contributed by atoms with van der Waals surface area (Å²) >= 11 is 0. The van der Waals surface area contributed by atoms with E-state index in [4.69, 9.17) is 0 Å².